The molecule has 1 N–H and O–H groups in total. The second-order valence-corrected chi connectivity index (χ2v) is 7.32. The highest BCUT2D eigenvalue weighted by molar-refractivity contribution is 5.86. The van der Waals surface area contributed by atoms with Crippen LogP contribution in [0.4, 0.5) is 5.69 Å². The Balaban J connectivity index is 1.48. The first-order valence-electron chi connectivity index (χ1n) is 10.0. The van der Waals surface area contributed by atoms with Crippen molar-refractivity contribution >= 4 is 17.8 Å². The van der Waals surface area contributed by atoms with Gasteiger partial charge in [0.15, 0.2) is 0 Å². The molecule has 1 heterocycles. The van der Waals surface area contributed by atoms with E-state index in [0.717, 1.165) is 31.5 Å². The summed E-state index contributed by atoms with van der Waals surface area (Å²) in [6.07, 6.45) is 3.01. The monoisotopic (exact) mass is 426 g/mol. The molecule has 0 saturated carbocycles. The minimum atomic E-state index is -0.402. The number of non-ortho nitro benzene ring substituents is 1. The summed E-state index contributed by atoms with van der Waals surface area (Å²) >= 11 is 0. The number of nitro groups is 1. The number of hydrogen-bond donors (Lipinski definition) is 1. The third kappa shape index (κ3) is 6.02. The Hall–Kier alpha value is -3.46. The topological polar surface area (TPSA) is 106 Å². The molecule has 164 valence electrons. The van der Waals surface area contributed by atoms with Gasteiger partial charge in [0.2, 0.25) is 5.91 Å². The predicted molar refractivity (Wildman–Crippen MR) is 116 cm³/mol. The van der Waals surface area contributed by atoms with Crippen molar-refractivity contribution in [2.45, 2.75) is 19.4 Å². The molecule has 0 spiro atoms. The fourth-order valence-electron chi connectivity index (χ4n) is 3.53. The van der Waals surface area contributed by atoms with Crippen molar-refractivity contribution in [3.8, 4) is 11.5 Å². The van der Waals surface area contributed by atoms with Crippen LogP contribution in [0.1, 0.15) is 24.0 Å². The Labute approximate surface area is 180 Å². The molecule has 0 aromatic heterocycles. The van der Waals surface area contributed by atoms with Gasteiger partial charge < -0.3 is 9.47 Å². The van der Waals surface area contributed by atoms with E-state index in [4.69, 9.17) is 9.47 Å². The molecule has 2 aromatic rings. The molecule has 1 saturated heterocycles. The second kappa shape index (κ2) is 10.5. The Morgan fingerprint density at radius 2 is 1.90 bits per heavy atom. The zero-order valence-electron chi connectivity index (χ0n) is 17.6. The molecule has 3 rings (SSSR count). The number of nitrogens with one attached hydrogen (secondary N) is 1. The van der Waals surface area contributed by atoms with Crippen molar-refractivity contribution in [1.29, 1.82) is 0 Å². The molecular formula is C22H26N4O5. The molecule has 1 aliphatic heterocycles. The summed E-state index contributed by atoms with van der Waals surface area (Å²) in [6, 6.07) is 11.9. The number of hydrazone groups is 1. The van der Waals surface area contributed by atoms with Gasteiger partial charge in [-0.3, -0.25) is 19.8 Å². The normalized spacial score (nSPS) is 15.0. The summed E-state index contributed by atoms with van der Waals surface area (Å²) in [7, 11) is 3.15. The number of benzene rings is 2. The lowest BCUT2D eigenvalue weighted by atomic mass is 9.96. The smallest absolute Gasteiger partial charge is 0.269 e. The van der Waals surface area contributed by atoms with Gasteiger partial charge in [-0.15, -0.1) is 0 Å². The van der Waals surface area contributed by atoms with E-state index in [1.165, 1.54) is 12.1 Å². The quantitative estimate of drug-likeness (QED) is 0.395. The van der Waals surface area contributed by atoms with Crippen molar-refractivity contribution in [3.05, 3.63) is 63.7 Å². The van der Waals surface area contributed by atoms with Gasteiger partial charge in [0, 0.05) is 30.2 Å². The number of nitrogens with zero attached hydrogens (tertiary/aromatic N) is 3. The first-order chi connectivity index (χ1) is 15.0. The van der Waals surface area contributed by atoms with Gasteiger partial charge in [0.1, 0.15) is 11.5 Å². The molecule has 1 amide bonds. The number of amides is 1. The van der Waals surface area contributed by atoms with Gasteiger partial charge in [-0.1, -0.05) is 12.1 Å². The number of nitro benzene ring substituents is 1. The second-order valence-electron chi connectivity index (χ2n) is 7.32. The Bertz CT molecular complexity index is 937. The standard InChI is InChI=1S/C22H26N4O5/c1-30-20-7-8-21(31-2)18(13-20)14-23-24-22(27)17-9-11-25(12-10-17)15-16-3-5-19(6-4-16)26(28)29/h3-8,13-14,17H,9-12,15H2,1-2H3,(H,24,27)/b23-14-. The lowest BCUT2D eigenvalue weighted by Gasteiger charge is -2.30. The van der Waals surface area contributed by atoms with E-state index in [-0.39, 0.29) is 17.5 Å². The van der Waals surface area contributed by atoms with Crippen molar-refractivity contribution < 1.29 is 19.2 Å². The van der Waals surface area contributed by atoms with E-state index in [2.05, 4.69) is 15.4 Å². The van der Waals surface area contributed by atoms with Crippen molar-refractivity contribution in [3.63, 3.8) is 0 Å². The fraction of sp³-hybridized carbons (Fsp3) is 0.364. The van der Waals surface area contributed by atoms with E-state index < -0.39 is 4.92 Å². The zero-order valence-corrected chi connectivity index (χ0v) is 17.6. The highest BCUT2D eigenvalue weighted by atomic mass is 16.6. The number of likely N-dealkylation sites (tertiary alicyclic amines) is 1. The maximum atomic E-state index is 12.5. The summed E-state index contributed by atoms with van der Waals surface area (Å²) in [5.41, 5.74) is 4.44. The molecule has 2 aromatic carbocycles. The maximum absolute atomic E-state index is 12.5. The Morgan fingerprint density at radius 1 is 1.19 bits per heavy atom. The van der Waals surface area contributed by atoms with E-state index in [1.807, 2.05) is 0 Å². The van der Waals surface area contributed by atoms with Crippen LogP contribution in [0, 0.1) is 16.0 Å². The van der Waals surface area contributed by atoms with E-state index >= 15 is 0 Å². The number of rotatable bonds is 8. The van der Waals surface area contributed by atoms with Crippen molar-refractivity contribution in [2.75, 3.05) is 27.3 Å². The predicted octanol–water partition coefficient (Wildman–Crippen LogP) is 2.97. The van der Waals surface area contributed by atoms with Crippen LogP contribution in [0.5, 0.6) is 11.5 Å². The first-order valence-corrected chi connectivity index (χ1v) is 10.0. The Kier molecular flexibility index (Phi) is 7.55. The minimum Gasteiger partial charge on any atom is -0.497 e. The molecule has 0 aliphatic carbocycles. The largest absolute Gasteiger partial charge is 0.497 e. The molecule has 1 aliphatic rings. The van der Waals surface area contributed by atoms with Gasteiger partial charge in [-0.25, -0.2) is 5.43 Å². The average molecular weight is 426 g/mol. The summed E-state index contributed by atoms with van der Waals surface area (Å²) < 4.78 is 10.5. The molecule has 0 radical (unpaired) electrons. The summed E-state index contributed by atoms with van der Waals surface area (Å²) in [5, 5.41) is 14.8. The van der Waals surface area contributed by atoms with Gasteiger partial charge in [0.25, 0.3) is 5.69 Å². The van der Waals surface area contributed by atoms with Gasteiger partial charge >= 0.3 is 0 Å². The SMILES string of the molecule is COc1ccc(OC)c(/C=N\NC(=O)C2CCN(Cc3ccc([N+](=O)[O-])cc3)CC2)c1. The molecule has 9 nitrogen and oxygen atoms in total. The fourth-order valence-corrected chi connectivity index (χ4v) is 3.53. The Morgan fingerprint density at radius 3 is 2.52 bits per heavy atom. The van der Waals surface area contributed by atoms with E-state index in [1.54, 1.807) is 50.8 Å². The molecule has 0 atom stereocenters. The lowest BCUT2D eigenvalue weighted by molar-refractivity contribution is -0.384. The number of carbonyl (C=O) groups excluding carboxylic acids is 1. The van der Waals surface area contributed by atoms with Crippen LogP contribution < -0.4 is 14.9 Å². The summed E-state index contributed by atoms with van der Waals surface area (Å²) in [5.74, 6) is 1.11. The molecule has 9 heteroatoms. The molecule has 0 unspecified atom stereocenters. The number of ether oxygens (including phenoxy) is 2. The van der Waals surface area contributed by atoms with Crippen LogP contribution in [-0.4, -0.2) is 49.3 Å². The summed E-state index contributed by atoms with van der Waals surface area (Å²) in [6.45, 7) is 2.27. The molecule has 0 bridgehead atoms. The number of carbonyl (C=O) groups is 1. The number of piperidine rings is 1. The average Bonchev–Trinajstić information content (AvgIpc) is 2.79. The van der Waals surface area contributed by atoms with Gasteiger partial charge in [-0.2, -0.15) is 5.10 Å². The van der Waals surface area contributed by atoms with Crippen LogP contribution in [0.3, 0.4) is 0 Å². The summed E-state index contributed by atoms with van der Waals surface area (Å²) in [4.78, 5) is 25.1. The van der Waals surface area contributed by atoms with Crippen molar-refractivity contribution in [2.24, 2.45) is 11.0 Å². The van der Waals surface area contributed by atoms with Crippen LogP contribution in [0.2, 0.25) is 0 Å². The first kappa shape index (κ1) is 22.2. The van der Waals surface area contributed by atoms with Crippen LogP contribution in [0.25, 0.3) is 0 Å². The third-order valence-electron chi connectivity index (χ3n) is 5.33. The minimum absolute atomic E-state index is 0.0891. The zero-order chi connectivity index (χ0) is 22.2. The molecular weight excluding hydrogens is 400 g/mol. The number of methoxy groups -OCH3 is 2. The van der Waals surface area contributed by atoms with Crippen LogP contribution in [0.15, 0.2) is 47.6 Å². The highest BCUT2D eigenvalue weighted by Crippen LogP contribution is 2.23. The third-order valence-corrected chi connectivity index (χ3v) is 5.33. The van der Waals surface area contributed by atoms with Crippen LogP contribution >= 0.6 is 0 Å². The van der Waals surface area contributed by atoms with Crippen molar-refractivity contribution in [1.82, 2.24) is 10.3 Å². The van der Waals surface area contributed by atoms with E-state index in [9.17, 15) is 14.9 Å². The van der Waals surface area contributed by atoms with Gasteiger partial charge in [0.05, 0.1) is 25.4 Å². The highest BCUT2D eigenvalue weighted by Gasteiger charge is 2.25. The van der Waals surface area contributed by atoms with Gasteiger partial charge in [-0.05, 0) is 49.7 Å². The molecule has 31 heavy (non-hydrogen) atoms. The maximum Gasteiger partial charge on any atom is 0.269 e. The lowest BCUT2D eigenvalue weighted by Crippen LogP contribution is -2.39. The van der Waals surface area contributed by atoms with E-state index in [0.29, 0.717) is 23.6 Å². The molecule has 1 fully saturated rings. The number of hydrogen-bond acceptors (Lipinski definition) is 7. The van der Waals surface area contributed by atoms with Crippen LogP contribution in [-0.2, 0) is 11.3 Å².